The number of benzene rings is 1. The lowest BCUT2D eigenvalue weighted by atomic mass is 10.1. The second-order valence-corrected chi connectivity index (χ2v) is 10.3. The topological polar surface area (TPSA) is 80.1 Å². The van der Waals surface area contributed by atoms with Gasteiger partial charge in [-0.2, -0.15) is 4.98 Å². The molecule has 32 heavy (non-hydrogen) atoms. The molecule has 4 rings (SSSR count). The van der Waals surface area contributed by atoms with E-state index in [4.69, 9.17) is 11.6 Å². The van der Waals surface area contributed by atoms with Crippen molar-refractivity contribution in [2.45, 2.75) is 50.9 Å². The number of hydrogen-bond donors (Lipinski definition) is 1. The van der Waals surface area contributed by atoms with E-state index < -0.39 is 0 Å². The number of nitrogens with zero attached hydrogens (tertiary/aromatic N) is 4. The summed E-state index contributed by atoms with van der Waals surface area (Å²) in [6.07, 6.45) is 3.52. The largest absolute Gasteiger partial charge is 0.351 e. The molecule has 0 unspecified atom stereocenters. The molecule has 0 saturated carbocycles. The van der Waals surface area contributed by atoms with Crippen molar-refractivity contribution < 1.29 is 4.79 Å². The van der Waals surface area contributed by atoms with Crippen molar-refractivity contribution in [2.24, 2.45) is 0 Å². The maximum Gasteiger partial charge on any atom is 0.274 e. The molecule has 0 spiro atoms. The van der Waals surface area contributed by atoms with Crippen molar-refractivity contribution in [1.29, 1.82) is 0 Å². The number of anilines is 1. The van der Waals surface area contributed by atoms with Crippen LogP contribution in [0.25, 0.3) is 10.3 Å². The minimum absolute atomic E-state index is 0.0753. The molecule has 3 aromatic rings. The Morgan fingerprint density at radius 2 is 1.97 bits per heavy atom. The van der Waals surface area contributed by atoms with Gasteiger partial charge in [0.15, 0.2) is 15.9 Å². The maximum absolute atomic E-state index is 13.2. The first kappa shape index (κ1) is 23.1. The van der Waals surface area contributed by atoms with Gasteiger partial charge in [0.05, 0.1) is 5.75 Å². The molecule has 0 aliphatic carbocycles. The Hall–Kier alpha value is -2.10. The number of halogens is 1. The van der Waals surface area contributed by atoms with Crippen LogP contribution in [0.5, 0.6) is 0 Å². The number of nitrogens with one attached hydrogen (secondary N) is 1. The molecule has 3 heterocycles. The summed E-state index contributed by atoms with van der Waals surface area (Å²) in [5.41, 5.74) is 1.24. The molecule has 0 bridgehead atoms. The van der Waals surface area contributed by atoms with Crippen LogP contribution < -0.4 is 15.8 Å². The predicted molar refractivity (Wildman–Crippen MR) is 132 cm³/mol. The Bertz CT molecular complexity index is 1170. The number of thioether (sulfide) groups is 1. The Morgan fingerprint density at radius 1 is 1.22 bits per heavy atom. The molecule has 1 amide bonds. The summed E-state index contributed by atoms with van der Waals surface area (Å²) < 4.78 is 2.23. The van der Waals surface area contributed by atoms with Crippen LogP contribution in [-0.4, -0.2) is 39.3 Å². The van der Waals surface area contributed by atoms with Crippen LogP contribution in [-0.2, 0) is 11.3 Å². The summed E-state index contributed by atoms with van der Waals surface area (Å²) in [6.45, 7) is 6.18. The molecule has 1 aromatic carbocycles. The summed E-state index contributed by atoms with van der Waals surface area (Å²) in [5.74, 6) is 0.00460. The minimum Gasteiger partial charge on any atom is -0.351 e. The highest BCUT2D eigenvalue weighted by molar-refractivity contribution is 7.99. The number of aromatic nitrogens is 3. The zero-order valence-electron chi connectivity index (χ0n) is 18.1. The van der Waals surface area contributed by atoms with Gasteiger partial charge < -0.3 is 10.2 Å². The lowest BCUT2D eigenvalue weighted by Gasteiger charge is -2.25. The van der Waals surface area contributed by atoms with E-state index in [0.717, 1.165) is 36.6 Å². The van der Waals surface area contributed by atoms with Crippen LogP contribution in [0, 0.1) is 0 Å². The van der Waals surface area contributed by atoms with E-state index in [2.05, 4.69) is 20.2 Å². The molecule has 2 aromatic heterocycles. The van der Waals surface area contributed by atoms with Crippen molar-refractivity contribution in [3.8, 4) is 0 Å². The number of rotatable bonds is 7. The second-order valence-electron chi connectivity index (χ2n) is 8.02. The fraction of sp³-hybridized carbons (Fsp3) is 0.455. The number of fused-ring (bicyclic) bond motifs is 1. The van der Waals surface area contributed by atoms with Crippen molar-refractivity contribution in [2.75, 3.05) is 23.7 Å². The van der Waals surface area contributed by atoms with E-state index in [-0.39, 0.29) is 23.3 Å². The first-order valence-corrected chi connectivity index (χ1v) is 12.9. The third-order valence-corrected chi connectivity index (χ3v) is 7.74. The molecular formula is C22H26ClN5O2S2. The lowest BCUT2D eigenvalue weighted by Crippen LogP contribution is -2.29. The summed E-state index contributed by atoms with van der Waals surface area (Å²) in [5, 5.41) is 4.87. The quantitative estimate of drug-likeness (QED) is 0.387. The molecule has 1 aliphatic heterocycles. The molecule has 10 heteroatoms. The van der Waals surface area contributed by atoms with Crippen LogP contribution in [0.15, 0.2) is 34.2 Å². The number of thiazole rings is 1. The molecule has 0 atom stereocenters. The molecule has 7 nitrogen and oxygen atoms in total. The number of carbonyl (C=O) groups is 1. The van der Waals surface area contributed by atoms with Crippen molar-refractivity contribution >= 4 is 56.1 Å². The first-order chi connectivity index (χ1) is 15.4. The van der Waals surface area contributed by atoms with Gasteiger partial charge >= 0.3 is 0 Å². The standard InChI is InChI=1S/C22H26ClN5O2S2/c1-14(2)28-20(30)18-19(25-21(32-18)27-10-6-3-7-11-27)26-22(28)31-13-17(29)24-12-15-8-4-5-9-16(15)23/h4-5,8-9,14H,3,6-7,10-13H2,1-2H3,(H,24,29). The van der Waals surface area contributed by atoms with Gasteiger partial charge in [0.1, 0.15) is 4.70 Å². The smallest absolute Gasteiger partial charge is 0.274 e. The molecule has 1 saturated heterocycles. The van der Waals surface area contributed by atoms with Crippen molar-refractivity contribution in [3.05, 3.63) is 45.2 Å². The van der Waals surface area contributed by atoms with Crippen LogP contribution in [0.4, 0.5) is 5.13 Å². The summed E-state index contributed by atoms with van der Waals surface area (Å²) in [6, 6.07) is 7.34. The minimum atomic E-state index is -0.146. The molecular weight excluding hydrogens is 466 g/mol. The maximum atomic E-state index is 13.2. The third-order valence-electron chi connectivity index (χ3n) is 5.33. The monoisotopic (exact) mass is 491 g/mol. The van der Waals surface area contributed by atoms with Gasteiger partial charge in [-0.25, -0.2) is 4.98 Å². The Balaban J connectivity index is 1.51. The lowest BCUT2D eigenvalue weighted by molar-refractivity contribution is -0.118. The number of piperidine rings is 1. The van der Waals surface area contributed by atoms with Crippen LogP contribution in [0.3, 0.4) is 0 Å². The number of carbonyl (C=O) groups excluding carboxylic acids is 1. The van der Waals surface area contributed by atoms with Crippen molar-refractivity contribution in [1.82, 2.24) is 19.9 Å². The zero-order valence-corrected chi connectivity index (χ0v) is 20.5. The Labute approximate surface area is 200 Å². The second kappa shape index (κ2) is 10.2. The third kappa shape index (κ3) is 5.10. The van der Waals surface area contributed by atoms with E-state index in [1.807, 2.05) is 32.0 Å². The molecule has 1 N–H and O–H groups in total. The Morgan fingerprint density at radius 3 is 2.69 bits per heavy atom. The van der Waals surface area contributed by atoms with Crippen LogP contribution in [0.1, 0.15) is 44.7 Å². The van der Waals surface area contributed by atoms with Gasteiger partial charge in [0.25, 0.3) is 5.56 Å². The fourth-order valence-corrected chi connectivity index (χ4v) is 5.79. The normalized spacial score (nSPS) is 14.3. The molecule has 170 valence electrons. The van der Waals surface area contributed by atoms with Gasteiger partial charge in [-0.3, -0.25) is 14.2 Å². The summed E-state index contributed by atoms with van der Waals surface area (Å²) in [7, 11) is 0. The molecule has 0 radical (unpaired) electrons. The SMILES string of the molecule is CC(C)n1c(SCC(=O)NCc2ccccc2Cl)nc2nc(N3CCCCC3)sc2c1=O. The number of amides is 1. The van der Waals surface area contributed by atoms with E-state index in [1.54, 1.807) is 10.6 Å². The average Bonchev–Trinajstić information content (AvgIpc) is 3.22. The Kier molecular flexibility index (Phi) is 7.37. The van der Waals surface area contributed by atoms with Gasteiger partial charge in [-0.15, -0.1) is 0 Å². The van der Waals surface area contributed by atoms with Crippen molar-refractivity contribution in [3.63, 3.8) is 0 Å². The number of hydrogen-bond acceptors (Lipinski definition) is 7. The highest BCUT2D eigenvalue weighted by Crippen LogP contribution is 2.30. The van der Waals surface area contributed by atoms with Gasteiger partial charge in [-0.05, 0) is 44.7 Å². The van der Waals surface area contributed by atoms with E-state index in [0.29, 0.717) is 27.1 Å². The van der Waals surface area contributed by atoms with Crippen LogP contribution >= 0.6 is 34.7 Å². The van der Waals surface area contributed by atoms with E-state index in [1.165, 1.54) is 29.5 Å². The van der Waals surface area contributed by atoms with E-state index >= 15 is 0 Å². The summed E-state index contributed by atoms with van der Waals surface area (Å²) >= 11 is 8.83. The predicted octanol–water partition coefficient (Wildman–Crippen LogP) is 4.49. The van der Waals surface area contributed by atoms with Gasteiger partial charge in [0.2, 0.25) is 5.91 Å². The van der Waals surface area contributed by atoms with Gasteiger partial charge in [0, 0.05) is 30.7 Å². The fourth-order valence-electron chi connectivity index (χ4n) is 3.65. The van der Waals surface area contributed by atoms with Crippen LogP contribution in [0.2, 0.25) is 5.02 Å². The average molecular weight is 492 g/mol. The molecule has 1 fully saturated rings. The summed E-state index contributed by atoms with van der Waals surface area (Å²) in [4.78, 5) is 37.2. The zero-order chi connectivity index (χ0) is 22.7. The highest BCUT2D eigenvalue weighted by Gasteiger charge is 2.21. The molecule has 1 aliphatic rings. The van der Waals surface area contributed by atoms with Gasteiger partial charge in [-0.1, -0.05) is 52.9 Å². The first-order valence-electron chi connectivity index (χ1n) is 10.7. The highest BCUT2D eigenvalue weighted by atomic mass is 35.5. The van der Waals surface area contributed by atoms with E-state index in [9.17, 15) is 9.59 Å².